The summed E-state index contributed by atoms with van der Waals surface area (Å²) in [6.07, 6.45) is 0.932. The SMILES string of the molecule is CCCNCC(=O)N[C@H](CCO)C(=O)O. The Hall–Kier alpha value is -1.14. The van der Waals surface area contributed by atoms with Gasteiger partial charge in [0, 0.05) is 13.0 Å². The number of carbonyl (C=O) groups excluding carboxylic acids is 1. The number of nitrogens with one attached hydrogen (secondary N) is 2. The van der Waals surface area contributed by atoms with Crippen molar-refractivity contribution in [3.05, 3.63) is 0 Å². The summed E-state index contributed by atoms with van der Waals surface area (Å²) in [5, 5.41) is 22.4. The molecule has 88 valence electrons. The van der Waals surface area contributed by atoms with E-state index in [2.05, 4.69) is 10.6 Å². The lowest BCUT2D eigenvalue weighted by molar-refractivity contribution is -0.142. The third kappa shape index (κ3) is 6.87. The first kappa shape index (κ1) is 13.9. The van der Waals surface area contributed by atoms with E-state index in [1.54, 1.807) is 0 Å². The fraction of sp³-hybridized carbons (Fsp3) is 0.778. The van der Waals surface area contributed by atoms with Crippen molar-refractivity contribution in [2.45, 2.75) is 25.8 Å². The summed E-state index contributed by atoms with van der Waals surface area (Å²) in [5.41, 5.74) is 0. The molecule has 4 N–H and O–H groups in total. The Morgan fingerprint density at radius 3 is 2.53 bits per heavy atom. The van der Waals surface area contributed by atoms with Crippen LogP contribution in [-0.4, -0.2) is 47.8 Å². The van der Waals surface area contributed by atoms with Crippen LogP contribution in [0, 0.1) is 0 Å². The van der Waals surface area contributed by atoms with Crippen LogP contribution < -0.4 is 10.6 Å². The van der Waals surface area contributed by atoms with E-state index in [0.29, 0.717) is 6.54 Å². The first-order valence-electron chi connectivity index (χ1n) is 4.95. The standard InChI is InChI=1S/C9H18N2O4/c1-2-4-10-6-8(13)11-7(3-5-12)9(14)15/h7,10,12H,2-6H2,1H3,(H,11,13)(H,14,15)/t7-/m1/s1. The van der Waals surface area contributed by atoms with Gasteiger partial charge in [0.25, 0.3) is 0 Å². The van der Waals surface area contributed by atoms with Crippen LogP contribution >= 0.6 is 0 Å². The minimum atomic E-state index is -1.13. The van der Waals surface area contributed by atoms with E-state index in [9.17, 15) is 9.59 Å². The number of hydrogen-bond donors (Lipinski definition) is 4. The normalized spacial score (nSPS) is 12.1. The molecule has 0 rings (SSSR count). The molecule has 0 heterocycles. The topological polar surface area (TPSA) is 98.7 Å². The van der Waals surface area contributed by atoms with E-state index in [-0.39, 0.29) is 25.5 Å². The predicted molar refractivity (Wildman–Crippen MR) is 54.4 cm³/mol. The van der Waals surface area contributed by atoms with Crippen molar-refractivity contribution in [1.82, 2.24) is 10.6 Å². The number of amides is 1. The quantitative estimate of drug-likeness (QED) is 0.389. The van der Waals surface area contributed by atoms with Crippen molar-refractivity contribution in [2.24, 2.45) is 0 Å². The number of aliphatic hydroxyl groups is 1. The highest BCUT2D eigenvalue weighted by atomic mass is 16.4. The molecule has 0 unspecified atom stereocenters. The second kappa shape index (κ2) is 8.19. The van der Waals surface area contributed by atoms with Gasteiger partial charge >= 0.3 is 5.97 Å². The summed E-state index contributed by atoms with van der Waals surface area (Å²) in [4.78, 5) is 21.8. The highest BCUT2D eigenvalue weighted by Crippen LogP contribution is 1.90. The number of rotatable bonds is 8. The van der Waals surface area contributed by atoms with Gasteiger partial charge in [-0.3, -0.25) is 4.79 Å². The Balaban J connectivity index is 3.84. The minimum absolute atomic E-state index is 0.0227. The average Bonchev–Trinajstić information content (AvgIpc) is 2.17. The molecule has 0 aromatic carbocycles. The summed E-state index contributed by atoms with van der Waals surface area (Å²) >= 11 is 0. The van der Waals surface area contributed by atoms with Crippen LogP contribution in [0.25, 0.3) is 0 Å². The maximum Gasteiger partial charge on any atom is 0.326 e. The highest BCUT2D eigenvalue weighted by Gasteiger charge is 2.18. The van der Waals surface area contributed by atoms with Gasteiger partial charge in [0.2, 0.25) is 5.91 Å². The van der Waals surface area contributed by atoms with Gasteiger partial charge in [-0.15, -0.1) is 0 Å². The molecule has 0 bridgehead atoms. The summed E-state index contributed by atoms with van der Waals surface area (Å²) in [7, 11) is 0. The van der Waals surface area contributed by atoms with E-state index in [1.165, 1.54) is 0 Å². The first-order valence-corrected chi connectivity index (χ1v) is 4.95. The number of carbonyl (C=O) groups is 2. The summed E-state index contributed by atoms with van der Waals surface area (Å²) in [6.45, 7) is 2.52. The molecule has 6 nitrogen and oxygen atoms in total. The van der Waals surface area contributed by atoms with E-state index in [0.717, 1.165) is 6.42 Å². The molecule has 0 radical (unpaired) electrons. The monoisotopic (exact) mass is 218 g/mol. The lowest BCUT2D eigenvalue weighted by Crippen LogP contribution is -2.45. The van der Waals surface area contributed by atoms with Gasteiger partial charge in [-0.25, -0.2) is 4.79 Å². The van der Waals surface area contributed by atoms with E-state index in [4.69, 9.17) is 10.2 Å². The number of carboxylic acid groups (broad SMARTS) is 1. The van der Waals surface area contributed by atoms with Gasteiger partial charge in [-0.2, -0.15) is 0 Å². The fourth-order valence-corrected chi connectivity index (χ4v) is 1.01. The molecule has 0 saturated heterocycles. The van der Waals surface area contributed by atoms with Crippen LogP contribution in [0.1, 0.15) is 19.8 Å². The van der Waals surface area contributed by atoms with Gasteiger partial charge in [-0.1, -0.05) is 6.92 Å². The largest absolute Gasteiger partial charge is 0.480 e. The fourth-order valence-electron chi connectivity index (χ4n) is 1.01. The Morgan fingerprint density at radius 2 is 2.07 bits per heavy atom. The summed E-state index contributed by atoms with van der Waals surface area (Å²) < 4.78 is 0. The zero-order valence-corrected chi connectivity index (χ0v) is 8.82. The Bertz CT molecular complexity index is 208. The molecule has 0 aliphatic carbocycles. The molecule has 15 heavy (non-hydrogen) atoms. The lowest BCUT2D eigenvalue weighted by atomic mass is 10.2. The Labute approximate surface area is 88.7 Å². The van der Waals surface area contributed by atoms with Gasteiger partial charge in [0.1, 0.15) is 6.04 Å². The van der Waals surface area contributed by atoms with Crippen LogP contribution in [0.4, 0.5) is 0 Å². The lowest BCUT2D eigenvalue weighted by Gasteiger charge is -2.13. The van der Waals surface area contributed by atoms with E-state index < -0.39 is 12.0 Å². The summed E-state index contributed by atoms with van der Waals surface area (Å²) in [5.74, 6) is -1.50. The van der Waals surface area contributed by atoms with Gasteiger partial charge in [0.05, 0.1) is 6.54 Å². The van der Waals surface area contributed by atoms with Gasteiger partial charge in [0.15, 0.2) is 0 Å². The van der Waals surface area contributed by atoms with Crippen LogP contribution in [0.2, 0.25) is 0 Å². The number of carboxylic acids is 1. The number of hydrogen-bond acceptors (Lipinski definition) is 4. The van der Waals surface area contributed by atoms with Crippen molar-refractivity contribution >= 4 is 11.9 Å². The predicted octanol–water partition coefficient (Wildman–Crippen LogP) is -1.06. The molecule has 0 saturated carbocycles. The molecule has 0 aromatic heterocycles. The second-order valence-corrected chi connectivity index (χ2v) is 3.15. The third-order valence-corrected chi connectivity index (χ3v) is 1.76. The van der Waals surface area contributed by atoms with Gasteiger partial charge in [-0.05, 0) is 13.0 Å². The van der Waals surface area contributed by atoms with Crippen molar-refractivity contribution < 1.29 is 19.8 Å². The van der Waals surface area contributed by atoms with Crippen molar-refractivity contribution in [3.8, 4) is 0 Å². The molecule has 1 atom stereocenters. The zero-order valence-electron chi connectivity index (χ0n) is 8.82. The highest BCUT2D eigenvalue weighted by molar-refractivity contribution is 5.84. The Morgan fingerprint density at radius 1 is 1.40 bits per heavy atom. The maximum atomic E-state index is 11.2. The average molecular weight is 218 g/mol. The van der Waals surface area contributed by atoms with Crippen LogP contribution in [0.5, 0.6) is 0 Å². The zero-order chi connectivity index (χ0) is 11.7. The molecule has 6 heteroatoms. The molecule has 0 aliphatic heterocycles. The molecule has 0 aliphatic rings. The second-order valence-electron chi connectivity index (χ2n) is 3.15. The van der Waals surface area contributed by atoms with Crippen LogP contribution in [0.3, 0.4) is 0 Å². The van der Waals surface area contributed by atoms with Crippen molar-refractivity contribution in [3.63, 3.8) is 0 Å². The molecular formula is C9H18N2O4. The van der Waals surface area contributed by atoms with E-state index in [1.807, 2.05) is 6.92 Å². The minimum Gasteiger partial charge on any atom is -0.480 e. The first-order chi connectivity index (χ1) is 7.11. The van der Waals surface area contributed by atoms with E-state index >= 15 is 0 Å². The molecule has 0 fully saturated rings. The third-order valence-electron chi connectivity index (χ3n) is 1.76. The molecular weight excluding hydrogens is 200 g/mol. The number of aliphatic carboxylic acids is 1. The Kier molecular flexibility index (Phi) is 7.57. The smallest absolute Gasteiger partial charge is 0.326 e. The van der Waals surface area contributed by atoms with Crippen molar-refractivity contribution in [1.29, 1.82) is 0 Å². The molecule has 1 amide bonds. The van der Waals surface area contributed by atoms with Gasteiger partial charge < -0.3 is 20.8 Å². The molecule has 0 aromatic rings. The van der Waals surface area contributed by atoms with Crippen molar-refractivity contribution in [2.75, 3.05) is 19.7 Å². The molecule has 0 spiro atoms. The number of aliphatic hydroxyl groups excluding tert-OH is 1. The maximum absolute atomic E-state index is 11.2. The summed E-state index contributed by atoms with van der Waals surface area (Å²) in [6, 6.07) is -1.01. The van der Waals surface area contributed by atoms with Crippen LogP contribution in [-0.2, 0) is 9.59 Å². The van der Waals surface area contributed by atoms with Crippen LogP contribution in [0.15, 0.2) is 0 Å².